The molecule has 25 heavy (non-hydrogen) atoms. The van der Waals surface area contributed by atoms with Gasteiger partial charge < -0.3 is 9.84 Å². The van der Waals surface area contributed by atoms with Crippen LogP contribution < -0.4 is 0 Å². The number of alkyl halides is 2. The first-order chi connectivity index (χ1) is 12.0. The van der Waals surface area contributed by atoms with E-state index in [4.69, 9.17) is 33.0 Å². The number of hydrogen-bond donors (Lipinski definition) is 1. The minimum Gasteiger partial charge on any atom is -0.480 e. The summed E-state index contributed by atoms with van der Waals surface area (Å²) < 4.78 is 19.7. The predicted octanol–water partition coefficient (Wildman–Crippen LogP) is 4.67. The monoisotopic (exact) mass is 406 g/mol. The van der Waals surface area contributed by atoms with Crippen LogP contribution in [0.15, 0.2) is 17.0 Å². The number of carboxylic acid groups (broad SMARTS) is 1. The van der Waals surface area contributed by atoms with Crippen LogP contribution in [-0.4, -0.2) is 40.8 Å². The lowest BCUT2D eigenvalue weighted by Crippen LogP contribution is -2.20. The number of carboxylic acids is 1. The molecular weight excluding hydrogens is 386 g/mol. The molecule has 1 saturated carbocycles. The van der Waals surface area contributed by atoms with Crippen LogP contribution in [0.5, 0.6) is 0 Å². The third kappa shape index (κ3) is 4.44. The van der Waals surface area contributed by atoms with E-state index in [1.165, 1.54) is 0 Å². The molecule has 0 spiro atoms. The van der Waals surface area contributed by atoms with Crippen LogP contribution in [0.4, 0.5) is 4.39 Å². The number of benzene rings is 1. The van der Waals surface area contributed by atoms with Crippen LogP contribution in [0.3, 0.4) is 0 Å². The maximum atomic E-state index is 14.5. The molecule has 1 fully saturated rings. The Morgan fingerprint density at radius 2 is 2.16 bits per heavy atom. The fraction of sp³-hybridized carbons (Fsp3) is 0.611. The summed E-state index contributed by atoms with van der Waals surface area (Å²) >= 11 is 14.6. The normalized spacial score (nSPS) is 28.8. The fourth-order valence-electron chi connectivity index (χ4n) is 3.88. The van der Waals surface area contributed by atoms with E-state index >= 15 is 0 Å². The van der Waals surface area contributed by atoms with Crippen molar-refractivity contribution < 1.29 is 19.0 Å². The van der Waals surface area contributed by atoms with E-state index in [0.29, 0.717) is 19.4 Å². The zero-order valence-corrected chi connectivity index (χ0v) is 16.0. The molecule has 1 aromatic rings. The topological polar surface area (TPSA) is 46.5 Å². The average molecular weight is 407 g/mol. The fourth-order valence-corrected chi connectivity index (χ4v) is 6.00. The lowest BCUT2D eigenvalue weighted by molar-refractivity contribution is -0.142. The highest BCUT2D eigenvalue weighted by atomic mass is 35.5. The van der Waals surface area contributed by atoms with Gasteiger partial charge in [0.05, 0.1) is 0 Å². The molecule has 4 unspecified atom stereocenters. The van der Waals surface area contributed by atoms with Crippen LogP contribution in [0, 0.1) is 11.7 Å². The summed E-state index contributed by atoms with van der Waals surface area (Å²) in [7, 11) is 0. The van der Waals surface area contributed by atoms with Crippen molar-refractivity contribution in [3.05, 3.63) is 29.1 Å². The molecule has 3 nitrogen and oxygen atoms in total. The Hall–Kier alpha value is -0.490. The zero-order chi connectivity index (χ0) is 18.0. The van der Waals surface area contributed by atoms with Crippen LogP contribution in [-0.2, 0) is 16.0 Å². The number of carbonyl (C=O) groups is 1. The summed E-state index contributed by atoms with van der Waals surface area (Å²) in [6.07, 6.45) is 3.22. The van der Waals surface area contributed by atoms with E-state index < -0.39 is 5.97 Å². The first kappa shape index (κ1) is 19.3. The van der Waals surface area contributed by atoms with Gasteiger partial charge in [-0.1, -0.05) is 6.07 Å². The van der Waals surface area contributed by atoms with Crippen molar-refractivity contribution in [3.63, 3.8) is 0 Å². The van der Waals surface area contributed by atoms with Gasteiger partial charge in [0.2, 0.25) is 0 Å². The maximum absolute atomic E-state index is 14.5. The molecular formula is C18H21Cl2FO3S. The molecule has 1 N–H and O–H groups in total. The molecule has 7 heteroatoms. The second kappa shape index (κ2) is 8.47. The van der Waals surface area contributed by atoms with Gasteiger partial charge in [-0.3, -0.25) is 0 Å². The van der Waals surface area contributed by atoms with Gasteiger partial charge in [0.25, 0.3) is 0 Å². The van der Waals surface area contributed by atoms with Gasteiger partial charge in [-0.15, -0.1) is 35.0 Å². The van der Waals surface area contributed by atoms with Crippen LogP contribution in [0.2, 0.25) is 0 Å². The highest BCUT2D eigenvalue weighted by molar-refractivity contribution is 7.99. The van der Waals surface area contributed by atoms with Crippen molar-refractivity contribution in [1.29, 1.82) is 0 Å². The summed E-state index contributed by atoms with van der Waals surface area (Å²) in [5, 5.41) is 8.39. The number of rotatable bonds is 6. The van der Waals surface area contributed by atoms with E-state index in [0.717, 1.165) is 34.6 Å². The quantitative estimate of drug-likeness (QED) is 0.550. The van der Waals surface area contributed by atoms with E-state index in [2.05, 4.69) is 6.07 Å². The summed E-state index contributed by atoms with van der Waals surface area (Å²) in [5.74, 6) is -0.191. The highest BCUT2D eigenvalue weighted by Gasteiger charge is 2.42. The summed E-state index contributed by atoms with van der Waals surface area (Å²) in [5.41, 5.74) is 1.97. The summed E-state index contributed by atoms with van der Waals surface area (Å²) in [6.45, 7) is -0.0110. The Labute approximate surface area is 161 Å². The van der Waals surface area contributed by atoms with E-state index in [1.54, 1.807) is 17.8 Å². The standard InChI is InChI=1S/C18H21Cl2FO3S/c19-13-8-14(20)17(12(13)3-4-24-9-16(22)23)11-6-10-2-1-5-25-18(10)15(21)7-11/h6-7,12-14,17H,1-5,8-9H2,(H,22,23). The van der Waals surface area contributed by atoms with Gasteiger partial charge in [0.15, 0.2) is 0 Å². The predicted molar refractivity (Wildman–Crippen MR) is 98.6 cm³/mol. The minimum atomic E-state index is -0.991. The molecule has 0 radical (unpaired) electrons. The summed E-state index contributed by atoms with van der Waals surface area (Å²) in [4.78, 5) is 11.3. The number of ether oxygens (including phenoxy) is 1. The van der Waals surface area contributed by atoms with Gasteiger partial charge >= 0.3 is 5.97 Å². The molecule has 0 saturated heterocycles. The Kier molecular flexibility index (Phi) is 6.53. The molecule has 138 valence electrons. The maximum Gasteiger partial charge on any atom is 0.329 e. The molecule has 1 heterocycles. The van der Waals surface area contributed by atoms with Crippen molar-refractivity contribution in [3.8, 4) is 0 Å². The number of halogens is 3. The van der Waals surface area contributed by atoms with E-state index in [-0.39, 0.29) is 35.0 Å². The largest absolute Gasteiger partial charge is 0.480 e. The van der Waals surface area contributed by atoms with Crippen LogP contribution in [0.1, 0.15) is 36.3 Å². The molecule has 1 aliphatic carbocycles. The smallest absolute Gasteiger partial charge is 0.329 e. The molecule has 4 atom stereocenters. The van der Waals surface area contributed by atoms with E-state index in [9.17, 15) is 9.18 Å². The molecule has 3 rings (SSSR count). The molecule has 1 aromatic carbocycles. The lowest BCUT2D eigenvalue weighted by Gasteiger charge is -2.26. The first-order valence-corrected chi connectivity index (χ1v) is 10.4. The van der Waals surface area contributed by atoms with Gasteiger partial charge in [0, 0.05) is 28.2 Å². The number of hydrogen-bond acceptors (Lipinski definition) is 3. The number of fused-ring (bicyclic) bond motifs is 1. The molecule has 1 aliphatic heterocycles. The van der Waals surface area contributed by atoms with Crippen molar-refractivity contribution >= 4 is 40.9 Å². The SMILES string of the molecule is O=C(O)COCCC1C(Cl)CC(Cl)C1c1cc(F)c2c(c1)CCCS2. The first-order valence-electron chi connectivity index (χ1n) is 8.50. The Morgan fingerprint density at radius 3 is 2.92 bits per heavy atom. The van der Waals surface area contributed by atoms with Crippen molar-refractivity contribution in [1.82, 2.24) is 0 Å². The van der Waals surface area contributed by atoms with Crippen LogP contribution in [0.25, 0.3) is 0 Å². The minimum absolute atomic E-state index is 0.0377. The second-order valence-electron chi connectivity index (χ2n) is 6.64. The average Bonchev–Trinajstić information content (AvgIpc) is 2.85. The lowest BCUT2D eigenvalue weighted by atomic mass is 9.85. The van der Waals surface area contributed by atoms with Gasteiger partial charge in [-0.05, 0) is 54.5 Å². The third-order valence-corrected chi connectivity index (χ3v) is 7.14. The van der Waals surface area contributed by atoms with E-state index in [1.807, 2.05) is 0 Å². The van der Waals surface area contributed by atoms with Gasteiger partial charge in [0.1, 0.15) is 12.4 Å². The molecule has 0 aromatic heterocycles. The Morgan fingerprint density at radius 1 is 1.36 bits per heavy atom. The number of aliphatic carboxylic acids is 1. The Bertz CT molecular complexity index is 643. The Balaban J connectivity index is 1.78. The molecule has 0 bridgehead atoms. The summed E-state index contributed by atoms with van der Waals surface area (Å²) in [6, 6.07) is 3.70. The van der Waals surface area contributed by atoms with Crippen molar-refractivity contribution in [2.24, 2.45) is 5.92 Å². The van der Waals surface area contributed by atoms with Gasteiger partial charge in [-0.2, -0.15) is 0 Å². The second-order valence-corrected chi connectivity index (χ2v) is 8.86. The zero-order valence-electron chi connectivity index (χ0n) is 13.7. The number of thioether (sulfide) groups is 1. The van der Waals surface area contributed by atoms with Gasteiger partial charge in [-0.25, -0.2) is 9.18 Å². The molecule has 2 aliphatic rings. The molecule has 0 amide bonds. The van der Waals surface area contributed by atoms with Crippen molar-refractivity contribution in [2.45, 2.75) is 47.3 Å². The van der Waals surface area contributed by atoms with Crippen molar-refractivity contribution in [2.75, 3.05) is 19.0 Å². The third-order valence-electron chi connectivity index (χ3n) is 4.95. The number of aryl methyl sites for hydroxylation is 1. The van der Waals surface area contributed by atoms with Crippen LogP contribution >= 0.6 is 35.0 Å². The highest BCUT2D eigenvalue weighted by Crippen LogP contribution is 2.48.